The number of nitrogens with zero attached hydrogens (tertiary/aromatic N) is 3. The van der Waals surface area contributed by atoms with E-state index in [1.54, 1.807) is 24.0 Å². The van der Waals surface area contributed by atoms with Gasteiger partial charge in [0.2, 0.25) is 0 Å². The largest absolute Gasteiger partial charge is 0.492 e. The average molecular weight is 386 g/mol. The molecule has 0 atom stereocenters. The smallest absolute Gasteiger partial charge is 0.342 e. The topological polar surface area (TPSA) is 66.2 Å². The molecule has 0 amide bonds. The van der Waals surface area contributed by atoms with Crippen molar-refractivity contribution in [1.82, 2.24) is 14.8 Å². The number of carbonyl (C=O) groups excluding carboxylic acids is 1. The van der Waals surface area contributed by atoms with E-state index in [4.69, 9.17) is 21.1 Å². The number of hydrogen-bond acceptors (Lipinski definition) is 5. The van der Waals surface area contributed by atoms with E-state index >= 15 is 0 Å². The van der Waals surface area contributed by atoms with Gasteiger partial charge in [-0.3, -0.25) is 9.67 Å². The van der Waals surface area contributed by atoms with E-state index in [9.17, 15) is 4.79 Å². The van der Waals surface area contributed by atoms with Crippen LogP contribution in [0.2, 0.25) is 5.02 Å². The number of halogens is 1. The zero-order valence-corrected chi connectivity index (χ0v) is 16.0. The molecular formula is C20H20ClN3O3. The number of ether oxygens (including phenoxy) is 2. The molecule has 0 N–H and O–H groups in total. The fourth-order valence-corrected chi connectivity index (χ4v) is 2.92. The van der Waals surface area contributed by atoms with Crippen LogP contribution in [0.25, 0.3) is 16.7 Å². The van der Waals surface area contributed by atoms with Crippen LogP contribution in [0.4, 0.5) is 0 Å². The molecule has 7 heteroatoms. The van der Waals surface area contributed by atoms with Crippen LogP contribution in [-0.4, -0.2) is 33.9 Å². The minimum absolute atomic E-state index is 0.281. The van der Waals surface area contributed by atoms with E-state index in [0.29, 0.717) is 35.2 Å². The summed E-state index contributed by atoms with van der Waals surface area (Å²) in [5.41, 5.74) is 2.58. The SMILES string of the molecule is C=C(OCC)c1nn(Cc2ccc3ncc(Cl)cc3c2)cc1C(=O)OCC. The van der Waals surface area contributed by atoms with E-state index in [1.165, 1.54) is 0 Å². The number of hydrogen-bond donors (Lipinski definition) is 0. The molecular weight excluding hydrogens is 366 g/mol. The summed E-state index contributed by atoms with van der Waals surface area (Å²) in [4.78, 5) is 16.5. The Morgan fingerprint density at radius 2 is 2.00 bits per heavy atom. The van der Waals surface area contributed by atoms with Crippen LogP contribution in [0.1, 0.15) is 35.5 Å². The van der Waals surface area contributed by atoms with E-state index in [2.05, 4.69) is 16.7 Å². The van der Waals surface area contributed by atoms with E-state index in [1.807, 2.05) is 31.2 Å². The maximum atomic E-state index is 12.3. The summed E-state index contributed by atoms with van der Waals surface area (Å²) in [6, 6.07) is 7.75. The standard InChI is InChI=1S/C20H20ClN3O3/c1-4-26-13(3)19-17(20(25)27-5-2)12-24(23-19)11-14-6-7-18-15(8-14)9-16(21)10-22-18/h6-10,12H,3-5,11H2,1-2H3. The molecule has 0 saturated heterocycles. The van der Waals surface area contributed by atoms with Crippen molar-refractivity contribution >= 4 is 34.2 Å². The molecule has 3 aromatic rings. The lowest BCUT2D eigenvalue weighted by atomic mass is 10.1. The molecule has 0 aliphatic heterocycles. The minimum Gasteiger partial charge on any atom is -0.492 e. The molecule has 0 aliphatic rings. The van der Waals surface area contributed by atoms with Crippen molar-refractivity contribution in [2.45, 2.75) is 20.4 Å². The highest BCUT2D eigenvalue weighted by atomic mass is 35.5. The Morgan fingerprint density at radius 3 is 2.74 bits per heavy atom. The van der Waals surface area contributed by atoms with Gasteiger partial charge in [-0.2, -0.15) is 5.10 Å². The Hall–Kier alpha value is -2.86. The number of esters is 1. The first kappa shape index (κ1) is 18.9. The van der Waals surface area contributed by atoms with Crippen LogP contribution in [0, 0.1) is 0 Å². The fourth-order valence-electron chi connectivity index (χ4n) is 2.75. The van der Waals surface area contributed by atoms with E-state index in [-0.39, 0.29) is 6.61 Å². The summed E-state index contributed by atoms with van der Waals surface area (Å²) < 4.78 is 12.2. The molecule has 0 unspecified atom stereocenters. The highest BCUT2D eigenvalue weighted by Gasteiger charge is 2.20. The Morgan fingerprint density at radius 1 is 1.22 bits per heavy atom. The third kappa shape index (κ3) is 4.28. The maximum Gasteiger partial charge on any atom is 0.342 e. The molecule has 27 heavy (non-hydrogen) atoms. The third-order valence-corrected chi connectivity index (χ3v) is 4.10. The van der Waals surface area contributed by atoms with Crippen LogP contribution >= 0.6 is 11.6 Å². The van der Waals surface area contributed by atoms with E-state index in [0.717, 1.165) is 16.5 Å². The van der Waals surface area contributed by atoms with Crippen LogP contribution < -0.4 is 0 Å². The maximum absolute atomic E-state index is 12.3. The first-order chi connectivity index (χ1) is 13.0. The van der Waals surface area contributed by atoms with Crippen LogP contribution in [0.15, 0.2) is 43.2 Å². The average Bonchev–Trinajstić information content (AvgIpc) is 3.06. The Bertz CT molecular complexity index is 962. The predicted octanol–water partition coefficient (Wildman–Crippen LogP) is 4.32. The molecule has 0 bridgehead atoms. The lowest BCUT2D eigenvalue weighted by Gasteiger charge is -2.06. The van der Waals surface area contributed by atoms with Gasteiger partial charge in [-0.25, -0.2) is 4.79 Å². The molecule has 0 fully saturated rings. The molecule has 0 aliphatic carbocycles. The molecule has 0 spiro atoms. The highest BCUT2D eigenvalue weighted by Crippen LogP contribution is 2.21. The van der Waals surface area contributed by atoms with Gasteiger partial charge in [0, 0.05) is 17.8 Å². The van der Waals surface area contributed by atoms with Crippen molar-refractivity contribution in [2.24, 2.45) is 0 Å². The summed E-state index contributed by atoms with van der Waals surface area (Å²) >= 11 is 6.03. The monoisotopic (exact) mass is 385 g/mol. The second-order valence-corrected chi connectivity index (χ2v) is 6.28. The number of aromatic nitrogens is 3. The van der Waals surface area contributed by atoms with Crippen molar-refractivity contribution < 1.29 is 14.3 Å². The molecule has 2 aromatic heterocycles. The van der Waals surface area contributed by atoms with Gasteiger partial charge in [0.05, 0.1) is 30.3 Å². The van der Waals surface area contributed by atoms with Crippen molar-refractivity contribution in [3.8, 4) is 0 Å². The quantitative estimate of drug-likeness (QED) is 0.447. The van der Waals surface area contributed by atoms with Gasteiger partial charge >= 0.3 is 5.97 Å². The zero-order chi connectivity index (χ0) is 19.4. The Labute approximate surface area is 162 Å². The summed E-state index contributed by atoms with van der Waals surface area (Å²) in [7, 11) is 0. The van der Waals surface area contributed by atoms with Gasteiger partial charge in [0.25, 0.3) is 0 Å². The summed E-state index contributed by atoms with van der Waals surface area (Å²) in [5, 5.41) is 6.00. The lowest BCUT2D eigenvalue weighted by molar-refractivity contribution is 0.0525. The first-order valence-corrected chi connectivity index (χ1v) is 9.00. The Kier molecular flexibility index (Phi) is 5.76. The van der Waals surface area contributed by atoms with Crippen molar-refractivity contribution in [1.29, 1.82) is 0 Å². The fraction of sp³-hybridized carbons (Fsp3) is 0.250. The minimum atomic E-state index is -0.450. The van der Waals surface area contributed by atoms with Crippen molar-refractivity contribution in [2.75, 3.05) is 13.2 Å². The molecule has 140 valence electrons. The number of pyridine rings is 1. The van der Waals surface area contributed by atoms with Gasteiger partial charge in [0.15, 0.2) is 0 Å². The zero-order valence-electron chi connectivity index (χ0n) is 15.2. The molecule has 0 saturated carbocycles. The second kappa shape index (κ2) is 8.22. The number of carbonyl (C=O) groups is 1. The highest BCUT2D eigenvalue weighted by molar-refractivity contribution is 6.31. The predicted molar refractivity (Wildman–Crippen MR) is 105 cm³/mol. The van der Waals surface area contributed by atoms with Gasteiger partial charge in [-0.15, -0.1) is 0 Å². The normalized spacial score (nSPS) is 10.8. The van der Waals surface area contributed by atoms with Gasteiger partial charge in [0.1, 0.15) is 17.0 Å². The summed E-state index contributed by atoms with van der Waals surface area (Å²) in [5.74, 6) is -0.108. The first-order valence-electron chi connectivity index (χ1n) is 8.62. The number of fused-ring (bicyclic) bond motifs is 1. The lowest BCUT2D eigenvalue weighted by Crippen LogP contribution is -2.07. The van der Waals surface area contributed by atoms with Crippen molar-refractivity contribution in [3.05, 3.63) is 65.1 Å². The van der Waals surface area contributed by atoms with Crippen LogP contribution in [-0.2, 0) is 16.0 Å². The molecule has 6 nitrogen and oxygen atoms in total. The third-order valence-electron chi connectivity index (χ3n) is 3.90. The summed E-state index contributed by atoms with van der Waals surface area (Å²) in [6.07, 6.45) is 3.27. The second-order valence-electron chi connectivity index (χ2n) is 5.85. The van der Waals surface area contributed by atoms with Gasteiger partial charge < -0.3 is 9.47 Å². The molecule has 2 heterocycles. The molecule has 3 rings (SSSR count). The van der Waals surface area contributed by atoms with Gasteiger partial charge in [-0.1, -0.05) is 24.2 Å². The number of benzene rings is 1. The van der Waals surface area contributed by atoms with Crippen molar-refractivity contribution in [3.63, 3.8) is 0 Å². The summed E-state index contributed by atoms with van der Waals surface area (Å²) in [6.45, 7) is 8.65. The molecule has 0 radical (unpaired) electrons. The van der Waals surface area contributed by atoms with Gasteiger partial charge in [-0.05, 0) is 37.6 Å². The van der Waals surface area contributed by atoms with E-state index < -0.39 is 5.97 Å². The van der Waals surface area contributed by atoms with Crippen LogP contribution in [0.3, 0.4) is 0 Å². The molecule has 1 aromatic carbocycles. The Balaban J connectivity index is 1.93. The van der Waals surface area contributed by atoms with Crippen LogP contribution in [0.5, 0.6) is 0 Å². The number of rotatable bonds is 7.